The minimum atomic E-state index is -0.468. The van der Waals surface area contributed by atoms with Gasteiger partial charge in [0.25, 0.3) is 0 Å². The molecule has 1 N–H and O–H groups in total. The molecule has 0 saturated carbocycles. The molecule has 1 fully saturated rings. The highest BCUT2D eigenvalue weighted by Gasteiger charge is 2.35. The Balaban J connectivity index is 1.60. The van der Waals surface area contributed by atoms with Gasteiger partial charge in [0.05, 0.1) is 12.1 Å². The first-order valence-electron chi connectivity index (χ1n) is 7.47. The number of hydrazone groups is 1. The molecule has 0 spiro atoms. The number of amides is 2. The normalized spacial score (nSPS) is 17.7. The van der Waals surface area contributed by atoms with Crippen LogP contribution in [0.5, 0.6) is 0 Å². The van der Waals surface area contributed by atoms with Crippen LogP contribution in [-0.4, -0.2) is 24.6 Å². The van der Waals surface area contributed by atoms with E-state index in [9.17, 15) is 14.0 Å². The molecular weight excluding hydrogens is 329 g/mol. The first-order chi connectivity index (χ1) is 11.5. The molecule has 0 bridgehead atoms. The zero-order valence-corrected chi connectivity index (χ0v) is 13.8. The van der Waals surface area contributed by atoms with Crippen molar-refractivity contribution >= 4 is 35.1 Å². The number of hydrogen-bond acceptors (Lipinski definition) is 4. The summed E-state index contributed by atoms with van der Waals surface area (Å²) in [5, 5.41) is 5.91. The maximum atomic E-state index is 13.0. The summed E-state index contributed by atoms with van der Waals surface area (Å²) in [6, 6.07) is 7.63. The fraction of sp³-hybridized carbons (Fsp3) is 0.235. The van der Waals surface area contributed by atoms with Crippen molar-refractivity contribution in [2.45, 2.75) is 13.3 Å². The summed E-state index contributed by atoms with van der Waals surface area (Å²) in [4.78, 5) is 26.7. The first kappa shape index (κ1) is 16.3. The average molecular weight is 345 g/mol. The van der Waals surface area contributed by atoms with Gasteiger partial charge in [-0.2, -0.15) is 5.10 Å². The van der Waals surface area contributed by atoms with Gasteiger partial charge in [-0.15, -0.1) is 11.3 Å². The lowest BCUT2D eigenvalue weighted by atomic mass is 10.1. The topological polar surface area (TPSA) is 61.8 Å². The molecular formula is C17H16FN3O2S. The molecule has 2 amide bonds. The van der Waals surface area contributed by atoms with Gasteiger partial charge in [-0.3, -0.25) is 9.59 Å². The Morgan fingerprint density at radius 3 is 2.79 bits per heavy atom. The number of nitrogens with one attached hydrogen (secondary N) is 1. The quantitative estimate of drug-likeness (QED) is 0.684. The summed E-state index contributed by atoms with van der Waals surface area (Å²) < 4.78 is 13.0. The molecule has 1 saturated heterocycles. The second kappa shape index (κ2) is 6.92. The van der Waals surface area contributed by atoms with E-state index < -0.39 is 5.92 Å². The molecule has 0 aliphatic carbocycles. The summed E-state index contributed by atoms with van der Waals surface area (Å²) in [6.45, 7) is 2.24. The number of anilines is 1. The van der Waals surface area contributed by atoms with Crippen molar-refractivity contribution in [3.05, 3.63) is 52.0 Å². The highest BCUT2D eigenvalue weighted by Crippen LogP contribution is 2.25. The third kappa shape index (κ3) is 3.51. The summed E-state index contributed by atoms with van der Waals surface area (Å²) in [7, 11) is 0. The molecule has 2 heterocycles. The molecule has 0 unspecified atom stereocenters. The molecule has 7 heteroatoms. The van der Waals surface area contributed by atoms with Crippen LogP contribution < -0.4 is 10.3 Å². The number of carbonyl (C=O) groups is 2. The smallest absolute Gasteiger partial charge is 0.245 e. The van der Waals surface area contributed by atoms with E-state index in [4.69, 9.17) is 0 Å². The second-order valence-corrected chi connectivity index (χ2v) is 6.53. The van der Waals surface area contributed by atoms with Crippen molar-refractivity contribution in [2.75, 3.05) is 11.4 Å². The van der Waals surface area contributed by atoms with E-state index in [0.29, 0.717) is 5.69 Å². The Labute approximate surface area is 142 Å². The highest BCUT2D eigenvalue weighted by atomic mass is 32.1. The third-order valence-electron chi connectivity index (χ3n) is 3.89. The fourth-order valence-electron chi connectivity index (χ4n) is 2.52. The van der Waals surface area contributed by atoms with Crippen LogP contribution in [0, 0.1) is 18.7 Å². The maximum absolute atomic E-state index is 13.0. The summed E-state index contributed by atoms with van der Waals surface area (Å²) >= 11 is 1.54. The van der Waals surface area contributed by atoms with Gasteiger partial charge in [0, 0.05) is 23.5 Å². The van der Waals surface area contributed by atoms with Crippen LogP contribution in [0.1, 0.15) is 16.9 Å². The predicted octanol–water partition coefficient (Wildman–Crippen LogP) is 2.70. The number of aryl methyl sites for hydroxylation is 1. The molecule has 2 aromatic rings. The van der Waals surface area contributed by atoms with Gasteiger partial charge in [-0.25, -0.2) is 9.82 Å². The molecule has 5 nitrogen and oxygen atoms in total. The van der Waals surface area contributed by atoms with Gasteiger partial charge < -0.3 is 4.90 Å². The zero-order chi connectivity index (χ0) is 17.1. The first-order valence-corrected chi connectivity index (χ1v) is 8.35. The molecule has 24 heavy (non-hydrogen) atoms. The SMILES string of the molecule is Cc1ccsc1C=NNC(=O)[C@H]1CC(=O)N(c2ccc(F)cc2)C1. The van der Waals surface area contributed by atoms with Crippen molar-refractivity contribution in [2.24, 2.45) is 11.0 Å². The van der Waals surface area contributed by atoms with E-state index in [1.54, 1.807) is 6.21 Å². The Bertz CT molecular complexity index is 785. The largest absolute Gasteiger partial charge is 0.312 e. The number of halogens is 1. The Kier molecular flexibility index (Phi) is 4.71. The lowest BCUT2D eigenvalue weighted by molar-refractivity contribution is -0.126. The van der Waals surface area contributed by atoms with E-state index in [-0.39, 0.29) is 30.6 Å². The third-order valence-corrected chi connectivity index (χ3v) is 4.85. The number of rotatable bonds is 4. The van der Waals surface area contributed by atoms with Crippen LogP contribution in [0.25, 0.3) is 0 Å². The van der Waals surface area contributed by atoms with Crippen LogP contribution in [0.4, 0.5) is 10.1 Å². The standard InChI is InChI=1S/C17H16FN3O2S/c1-11-6-7-24-15(11)9-19-20-17(23)12-8-16(22)21(10-12)14-4-2-13(18)3-5-14/h2-7,9,12H,8,10H2,1H3,(H,20,23)/t12-/m0/s1. The van der Waals surface area contributed by atoms with Crippen LogP contribution in [0.3, 0.4) is 0 Å². The van der Waals surface area contributed by atoms with E-state index in [1.807, 2.05) is 18.4 Å². The maximum Gasteiger partial charge on any atom is 0.245 e. The van der Waals surface area contributed by atoms with Crippen molar-refractivity contribution in [1.29, 1.82) is 0 Å². The molecule has 1 aromatic heterocycles. The van der Waals surface area contributed by atoms with E-state index >= 15 is 0 Å². The monoisotopic (exact) mass is 345 g/mol. The van der Waals surface area contributed by atoms with Crippen molar-refractivity contribution in [3.63, 3.8) is 0 Å². The lowest BCUT2D eigenvalue weighted by Crippen LogP contribution is -2.30. The average Bonchev–Trinajstić information content (AvgIpc) is 3.14. The summed E-state index contributed by atoms with van der Waals surface area (Å²) in [5.74, 6) is -1.28. The Morgan fingerprint density at radius 1 is 1.38 bits per heavy atom. The van der Waals surface area contributed by atoms with E-state index in [1.165, 1.54) is 40.5 Å². The molecule has 3 rings (SSSR count). The Hall–Kier alpha value is -2.54. The van der Waals surface area contributed by atoms with Gasteiger partial charge >= 0.3 is 0 Å². The zero-order valence-electron chi connectivity index (χ0n) is 13.0. The van der Waals surface area contributed by atoms with Crippen LogP contribution in [0.2, 0.25) is 0 Å². The summed E-state index contributed by atoms with van der Waals surface area (Å²) in [5.41, 5.74) is 4.18. The number of nitrogens with zero attached hydrogens (tertiary/aromatic N) is 2. The minimum absolute atomic E-state index is 0.122. The van der Waals surface area contributed by atoms with Crippen LogP contribution in [-0.2, 0) is 9.59 Å². The molecule has 1 aromatic carbocycles. The van der Waals surface area contributed by atoms with Crippen molar-refractivity contribution in [1.82, 2.24) is 5.43 Å². The lowest BCUT2D eigenvalue weighted by Gasteiger charge is -2.16. The molecule has 0 radical (unpaired) electrons. The van der Waals surface area contributed by atoms with E-state index in [0.717, 1.165) is 10.4 Å². The number of hydrogen-bond donors (Lipinski definition) is 1. The van der Waals surface area contributed by atoms with E-state index in [2.05, 4.69) is 10.5 Å². The molecule has 1 aliphatic rings. The van der Waals surface area contributed by atoms with Crippen molar-refractivity contribution < 1.29 is 14.0 Å². The van der Waals surface area contributed by atoms with Crippen LogP contribution in [0.15, 0.2) is 40.8 Å². The number of thiophene rings is 1. The second-order valence-electron chi connectivity index (χ2n) is 5.58. The van der Waals surface area contributed by atoms with Gasteiger partial charge in [-0.1, -0.05) is 0 Å². The summed E-state index contributed by atoms with van der Waals surface area (Å²) in [6.07, 6.45) is 1.73. The fourth-order valence-corrected chi connectivity index (χ4v) is 3.30. The number of carbonyl (C=O) groups excluding carboxylic acids is 2. The van der Waals surface area contributed by atoms with Gasteiger partial charge in [-0.05, 0) is 48.2 Å². The predicted molar refractivity (Wildman–Crippen MR) is 91.7 cm³/mol. The molecule has 1 atom stereocenters. The highest BCUT2D eigenvalue weighted by molar-refractivity contribution is 7.11. The van der Waals surface area contributed by atoms with Gasteiger partial charge in [0.1, 0.15) is 5.82 Å². The van der Waals surface area contributed by atoms with Crippen LogP contribution >= 0.6 is 11.3 Å². The molecule has 1 aliphatic heterocycles. The molecule has 124 valence electrons. The Morgan fingerprint density at radius 2 is 2.12 bits per heavy atom. The van der Waals surface area contributed by atoms with Gasteiger partial charge in [0.2, 0.25) is 11.8 Å². The minimum Gasteiger partial charge on any atom is -0.312 e. The van der Waals surface area contributed by atoms with Gasteiger partial charge in [0.15, 0.2) is 0 Å². The number of benzene rings is 1. The van der Waals surface area contributed by atoms with Crippen molar-refractivity contribution in [3.8, 4) is 0 Å².